The van der Waals surface area contributed by atoms with E-state index in [2.05, 4.69) is 31.3 Å². The van der Waals surface area contributed by atoms with Gasteiger partial charge in [0.05, 0.1) is 17.7 Å². The van der Waals surface area contributed by atoms with Crippen molar-refractivity contribution in [3.8, 4) is 5.75 Å². The van der Waals surface area contributed by atoms with Crippen molar-refractivity contribution in [2.45, 2.75) is 52.4 Å². The molecule has 0 aromatic heterocycles. The van der Waals surface area contributed by atoms with Crippen molar-refractivity contribution in [3.63, 3.8) is 0 Å². The summed E-state index contributed by atoms with van der Waals surface area (Å²) in [6.45, 7) is 11.0. The molecule has 1 unspecified atom stereocenters. The van der Waals surface area contributed by atoms with Gasteiger partial charge in [-0.2, -0.15) is 0 Å². The summed E-state index contributed by atoms with van der Waals surface area (Å²) in [4.78, 5) is 0. The highest BCUT2D eigenvalue weighted by molar-refractivity contribution is 5.32. The maximum atomic E-state index is 5.85. The minimum atomic E-state index is -0.264. The van der Waals surface area contributed by atoms with Crippen molar-refractivity contribution in [1.29, 1.82) is 0 Å². The molecule has 0 aliphatic carbocycles. The third-order valence-corrected chi connectivity index (χ3v) is 3.06. The lowest BCUT2D eigenvalue weighted by atomic mass is 9.91. The predicted octanol–water partition coefficient (Wildman–Crippen LogP) is 3.55. The summed E-state index contributed by atoms with van der Waals surface area (Å²) < 4.78 is 11.6. The molecule has 0 spiro atoms. The van der Waals surface area contributed by atoms with Crippen LogP contribution in [0.25, 0.3) is 0 Å². The summed E-state index contributed by atoms with van der Waals surface area (Å²) in [6, 6.07) is 8.34. The number of likely N-dealkylation sites (N-methyl/N-ethyl adjacent to an activating group) is 1. The molecule has 0 saturated carbocycles. The average molecular weight is 265 g/mol. The molecule has 1 aromatic rings. The molecule has 0 fully saturated rings. The van der Waals surface area contributed by atoms with Crippen molar-refractivity contribution < 1.29 is 9.47 Å². The summed E-state index contributed by atoms with van der Waals surface area (Å²) in [5, 5.41) is 3.34. The van der Waals surface area contributed by atoms with Gasteiger partial charge < -0.3 is 14.8 Å². The molecule has 0 radical (unpaired) electrons. The van der Waals surface area contributed by atoms with Crippen LogP contribution in [0, 0.1) is 0 Å². The van der Waals surface area contributed by atoms with Crippen LogP contribution < -0.4 is 10.1 Å². The Kier molecular flexibility index (Phi) is 5.83. The van der Waals surface area contributed by atoms with E-state index in [0.717, 1.165) is 5.75 Å². The van der Waals surface area contributed by atoms with E-state index < -0.39 is 0 Å². The second kappa shape index (κ2) is 6.92. The van der Waals surface area contributed by atoms with Gasteiger partial charge in [0.25, 0.3) is 0 Å². The molecule has 0 heterocycles. The SMILES string of the molecule is CCOC(C)(C)C(NC)c1cccc(OC(C)C)c1. The highest BCUT2D eigenvalue weighted by Gasteiger charge is 2.30. The second-order valence-electron chi connectivity index (χ2n) is 5.50. The van der Waals surface area contributed by atoms with Gasteiger partial charge in [0, 0.05) is 6.61 Å². The summed E-state index contributed by atoms with van der Waals surface area (Å²) in [5.41, 5.74) is 0.916. The first kappa shape index (κ1) is 16.0. The number of benzene rings is 1. The minimum Gasteiger partial charge on any atom is -0.491 e. The van der Waals surface area contributed by atoms with Gasteiger partial charge in [-0.1, -0.05) is 12.1 Å². The molecule has 0 saturated heterocycles. The maximum absolute atomic E-state index is 5.85. The first-order valence-electron chi connectivity index (χ1n) is 6.98. The van der Waals surface area contributed by atoms with Crippen LogP contribution in [0.3, 0.4) is 0 Å². The molecular weight excluding hydrogens is 238 g/mol. The van der Waals surface area contributed by atoms with Crippen LogP contribution >= 0.6 is 0 Å². The van der Waals surface area contributed by atoms with E-state index in [1.54, 1.807) is 0 Å². The normalized spacial score (nSPS) is 13.6. The number of rotatable bonds is 7. The largest absolute Gasteiger partial charge is 0.491 e. The quantitative estimate of drug-likeness (QED) is 0.818. The predicted molar refractivity (Wildman–Crippen MR) is 79.7 cm³/mol. The Morgan fingerprint density at radius 1 is 1.26 bits per heavy atom. The van der Waals surface area contributed by atoms with Gasteiger partial charge in [-0.05, 0) is 59.4 Å². The van der Waals surface area contributed by atoms with Crippen LogP contribution in [-0.2, 0) is 4.74 Å². The van der Waals surface area contributed by atoms with Gasteiger partial charge in [0.2, 0.25) is 0 Å². The smallest absolute Gasteiger partial charge is 0.120 e. The molecule has 108 valence electrons. The van der Waals surface area contributed by atoms with Gasteiger partial charge in [0.1, 0.15) is 5.75 Å². The third kappa shape index (κ3) is 4.51. The zero-order valence-corrected chi connectivity index (χ0v) is 13.0. The first-order valence-corrected chi connectivity index (χ1v) is 6.98. The summed E-state index contributed by atoms with van der Waals surface area (Å²) in [7, 11) is 1.96. The Morgan fingerprint density at radius 3 is 2.47 bits per heavy atom. The van der Waals surface area contributed by atoms with Crippen molar-refractivity contribution in [2.24, 2.45) is 0 Å². The second-order valence-corrected chi connectivity index (χ2v) is 5.50. The molecule has 1 N–H and O–H groups in total. The lowest BCUT2D eigenvalue weighted by Gasteiger charge is -2.34. The van der Waals surface area contributed by atoms with E-state index in [-0.39, 0.29) is 17.7 Å². The Morgan fingerprint density at radius 2 is 1.95 bits per heavy atom. The molecule has 3 nitrogen and oxygen atoms in total. The lowest BCUT2D eigenvalue weighted by molar-refractivity contribution is -0.0375. The Balaban J connectivity index is 2.98. The van der Waals surface area contributed by atoms with Crippen LogP contribution in [-0.4, -0.2) is 25.4 Å². The van der Waals surface area contributed by atoms with E-state index in [4.69, 9.17) is 9.47 Å². The van der Waals surface area contributed by atoms with Gasteiger partial charge >= 0.3 is 0 Å². The van der Waals surface area contributed by atoms with Crippen molar-refractivity contribution in [3.05, 3.63) is 29.8 Å². The molecule has 0 amide bonds. The van der Waals surface area contributed by atoms with E-state index in [1.165, 1.54) is 5.56 Å². The molecule has 0 aliphatic heterocycles. The van der Waals surface area contributed by atoms with E-state index in [0.29, 0.717) is 6.61 Å². The van der Waals surface area contributed by atoms with Crippen LogP contribution in [0.2, 0.25) is 0 Å². The first-order chi connectivity index (χ1) is 8.90. The topological polar surface area (TPSA) is 30.5 Å². The van der Waals surface area contributed by atoms with E-state index >= 15 is 0 Å². The van der Waals surface area contributed by atoms with Crippen LogP contribution in [0.4, 0.5) is 0 Å². The molecule has 1 aromatic carbocycles. The average Bonchev–Trinajstić information content (AvgIpc) is 2.28. The third-order valence-electron chi connectivity index (χ3n) is 3.06. The fourth-order valence-corrected chi connectivity index (χ4v) is 2.41. The molecular formula is C16H27NO2. The number of nitrogens with one attached hydrogen (secondary N) is 1. The molecule has 0 aliphatic rings. The van der Waals surface area contributed by atoms with Gasteiger partial charge in [-0.3, -0.25) is 0 Å². The standard InChI is InChI=1S/C16H27NO2/c1-7-18-16(4,5)15(17-6)13-9-8-10-14(11-13)19-12(2)3/h8-12,15,17H,7H2,1-6H3. The molecule has 3 heteroatoms. The Labute approximate surface area is 117 Å². The highest BCUT2D eigenvalue weighted by Crippen LogP contribution is 2.30. The molecule has 0 bridgehead atoms. The van der Waals surface area contributed by atoms with E-state index in [1.807, 2.05) is 40.0 Å². The van der Waals surface area contributed by atoms with Crippen molar-refractivity contribution in [2.75, 3.05) is 13.7 Å². The maximum Gasteiger partial charge on any atom is 0.120 e. The van der Waals surface area contributed by atoms with Gasteiger partial charge in [0.15, 0.2) is 0 Å². The lowest BCUT2D eigenvalue weighted by Crippen LogP contribution is -2.40. The molecule has 19 heavy (non-hydrogen) atoms. The minimum absolute atomic E-state index is 0.128. The zero-order chi connectivity index (χ0) is 14.5. The van der Waals surface area contributed by atoms with Gasteiger partial charge in [-0.15, -0.1) is 0 Å². The van der Waals surface area contributed by atoms with Crippen molar-refractivity contribution in [1.82, 2.24) is 5.32 Å². The summed E-state index contributed by atoms with van der Waals surface area (Å²) in [6.07, 6.45) is 0.184. The van der Waals surface area contributed by atoms with Crippen LogP contribution in [0.1, 0.15) is 46.2 Å². The Hall–Kier alpha value is -1.06. The summed E-state index contributed by atoms with van der Waals surface area (Å²) in [5.74, 6) is 0.903. The number of hydrogen-bond acceptors (Lipinski definition) is 3. The number of ether oxygens (including phenoxy) is 2. The number of hydrogen-bond donors (Lipinski definition) is 1. The monoisotopic (exact) mass is 265 g/mol. The van der Waals surface area contributed by atoms with E-state index in [9.17, 15) is 0 Å². The van der Waals surface area contributed by atoms with Crippen molar-refractivity contribution >= 4 is 0 Å². The fourth-order valence-electron chi connectivity index (χ4n) is 2.41. The zero-order valence-electron chi connectivity index (χ0n) is 13.0. The summed E-state index contributed by atoms with van der Waals surface area (Å²) >= 11 is 0. The van der Waals surface area contributed by atoms with Crippen LogP contribution in [0.15, 0.2) is 24.3 Å². The van der Waals surface area contributed by atoms with Crippen LogP contribution in [0.5, 0.6) is 5.75 Å². The highest BCUT2D eigenvalue weighted by atomic mass is 16.5. The fraction of sp³-hybridized carbons (Fsp3) is 0.625. The Bertz CT molecular complexity index is 388. The molecule has 1 atom stereocenters. The molecule has 1 rings (SSSR count). The van der Waals surface area contributed by atoms with Gasteiger partial charge in [-0.25, -0.2) is 0 Å².